The van der Waals surface area contributed by atoms with Gasteiger partial charge in [-0.05, 0) is 18.2 Å². The highest BCUT2D eigenvalue weighted by atomic mass is 16.4. The molecule has 1 aliphatic rings. The number of anilines is 1. The van der Waals surface area contributed by atoms with Crippen molar-refractivity contribution < 1.29 is 19.8 Å². The molecule has 1 heterocycles. The van der Waals surface area contributed by atoms with Gasteiger partial charge in [-0.2, -0.15) is 0 Å². The van der Waals surface area contributed by atoms with Gasteiger partial charge in [0.25, 0.3) is 5.91 Å². The number of carbonyl (C=O) groups excluding carboxylic acids is 1. The summed E-state index contributed by atoms with van der Waals surface area (Å²) in [5, 5.41) is 18.5. The number of rotatable bonds is 2. The van der Waals surface area contributed by atoms with Crippen LogP contribution in [0.1, 0.15) is 16.8 Å². The molecule has 0 spiro atoms. The molecule has 1 fully saturated rings. The van der Waals surface area contributed by atoms with Crippen LogP contribution in [-0.4, -0.2) is 45.7 Å². The number of carboxylic acid groups (broad SMARTS) is 1. The van der Waals surface area contributed by atoms with Crippen LogP contribution in [0.25, 0.3) is 0 Å². The van der Waals surface area contributed by atoms with Crippen LogP contribution in [-0.2, 0) is 4.79 Å². The van der Waals surface area contributed by atoms with E-state index in [-0.39, 0.29) is 13.0 Å². The lowest BCUT2D eigenvalue weighted by Crippen LogP contribution is -2.40. The predicted molar refractivity (Wildman–Crippen MR) is 63.9 cm³/mol. The number of nitrogen functional groups attached to an aromatic ring is 1. The number of likely N-dealkylation sites (tertiary alicyclic amines) is 1. The van der Waals surface area contributed by atoms with Crippen LogP contribution in [0.2, 0.25) is 0 Å². The van der Waals surface area contributed by atoms with E-state index in [2.05, 4.69) is 0 Å². The Morgan fingerprint density at radius 2 is 2.11 bits per heavy atom. The van der Waals surface area contributed by atoms with Crippen LogP contribution in [0.15, 0.2) is 24.3 Å². The smallest absolute Gasteiger partial charge is 0.326 e. The van der Waals surface area contributed by atoms with Crippen molar-refractivity contribution in [3.63, 3.8) is 0 Å². The van der Waals surface area contributed by atoms with Crippen molar-refractivity contribution in [3.8, 4) is 0 Å². The van der Waals surface area contributed by atoms with E-state index in [1.807, 2.05) is 0 Å². The minimum atomic E-state index is -1.11. The highest BCUT2D eigenvalue weighted by Crippen LogP contribution is 2.21. The van der Waals surface area contributed by atoms with Crippen LogP contribution in [0.4, 0.5) is 5.69 Å². The minimum Gasteiger partial charge on any atom is -0.480 e. The molecule has 96 valence electrons. The molecule has 6 nitrogen and oxygen atoms in total. The van der Waals surface area contributed by atoms with Gasteiger partial charge in [-0.25, -0.2) is 4.79 Å². The Bertz CT molecular complexity index is 489. The second-order valence-corrected chi connectivity index (χ2v) is 4.33. The van der Waals surface area contributed by atoms with Gasteiger partial charge in [0.15, 0.2) is 0 Å². The average molecular weight is 250 g/mol. The lowest BCUT2D eigenvalue weighted by molar-refractivity contribution is -0.141. The van der Waals surface area contributed by atoms with Gasteiger partial charge in [0.1, 0.15) is 6.04 Å². The number of amides is 1. The number of benzene rings is 1. The number of aliphatic hydroxyl groups is 1. The van der Waals surface area contributed by atoms with Crippen LogP contribution >= 0.6 is 0 Å². The van der Waals surface area contributed by atoms with Gasteiger partial charge < -0.3 is 20.8 Å². The topological polar surface area (TPSA) is 104 Å². The molecule has 1 aromatic carbocycles. The van der Waals surface area contributed by atoms with E-state index < -0.39 is 24.0 Å². The number of carbonyl (C=O) groups is 2. The summed E-state index contributed by atoms with van der Waals surface area (Å²) in [6, 6.07) is 5.36. The van der Waals surface area contributed by atoms with Crippen molar-refractivity contribution in [3.05, 3.63) is 29.8 Å². The second-order valence-electron chi connectivity index (χ2n) is 4.33. The molecule has 0 aliphatic carbocycles. The van der Waals surface area contributed by atoms with Gasteiger partial charge in [-0.1, -0.05) is 6.07 Å². The maximum Gasteiger partial charge on any atom is 0.326 e. The summed E-state index contributed by atoms with van der Waals surface area (Å²) in [6.07, 6.45) is -0.736. The fourth-order valence-electron chi connectivity index (χ4n) is 2.11. The minimum absolute atomic E-state index is 0.0323. The number of carboxylic acids is 1. The number of nitrogens with two attached hydrogens (primary N) is 1. The molecule has 0 aromatic heterocycles. The molecule has 1 saturated heterocycles. The summed E-state index contributed by atoms with van der Waals surface area (Å²) < 4.78 is 0. The first kappa shape index (κ1) is 12.4. The zero-order valence-corrected chi connectivity index (χ0v) is 9.61. The van der Waals surface area contributed by atoms with Crippen molar-refractivity contribution >= 4 is 17.6 Å². The fraction of sp³-hybridized carbons (Fsp3) is 0.333. The quantitative estimate of drug-likeness (QED) is 0.637. The summed E-state index contributed by atoms with van der Waals surface area (Å²) in [7, 11) is 0. The number of aliphatic carboxylic acids is 1. The van der Waals surface area contributed by atoms with E-state index in [4.69, 9.17) is 10.8 Å². The molecule has 0 radical (unpaired) electrons. The lowest BCUT2D eigenvalue weighted by atomic mass is 10.1. The molecular formula is C12H14N2O4. The molecule has 1 amide bonds. The normalized spacial score (nSPS) is 23.1. The zero-order valence-electron chi connectivity index (χ0n) is 9.61. The molecule has 0 saturated carbocycles. The molecular weight excluding hydrogens is 236 g/mol. The van der Waals surface area contributed by atoms with Crippen molar-refractivity contribution in [2.75, 3.05) is 12.3 Å². The standard InChI is InChI=1S/C12H14N2O4/c13-8-3-1-2-7(4-8)11(16)14-6-9(15)5-10(14)12(17)18/h1-4,9-10,15H,5-6,13H2,(H,17,18)/t9-,10-/m1/s1. The zero-order chi connectivity index (χ0) is 13.3. The van der Waals surface area contributed by atoms with Gasteiger partial charge in [0.2, 0.25) is 0 Å². The summed E-state index contributed by atoms with van der Waals surface area (Å²) in [4.78, 5) is 24.4. The first-order chi connectivity index (χ1) is 8.49. The third-order valence-corrected chi connectivity index (χ3v) is 2.96. The molecule has 2 atom stereocenters. The van der Waals surface area contributed by atoms with E-state index in [9.17, 15) is 14.7 Å². The largest absolute Gasteiger partial charge is 0.480 e. The Morgan fingerprint density at radius 1 is 1.39 bits per heavy atom. The van der Waals surface area contributed by atoms with Gasteiger partial charge in [-0.3, -0.25) is 4.79 Å². The van der Waals surface area contributed by atoms with Crippen LogP contribution in [0.3, 0.4) is 0 Å². The third-order valence-electron chi connectivity index (χ3n) is 2.96. The highest BCUT2D eigenvalue weighted by Gasteiger charge is 2.39. The fourth-order valence-corrected chi connectivity index (χ4v) is 2.11. The Labute approximate surface area is 104 Å². The molecule has 6 heteroatoms. The van der Waals surface area contributed by atoms with E-state index in [0.29, 0.717) is 11.3 Å². The molecule has 18 heavy (non-hydrogen) atoms. The maximum atomic E-state index is 12.2. The van der Waals surface area contributed by atoms with Gasteiger partial charge in [-0.15, -0.1) is 0 Å². The monoisotopic (exact) mass is 250 g/mol. The lowest BCUT2D eigenvalue weighted by Gasteiger charge is -2.21. The summed E-state index contributed by atoms with van der Waals surface area (Å²) in [5.41, 5.74) is 6.35. The number of hydrogen-bond donors (Lipinski definition) is 3. The molecule has 1 aromatic rings. The Balaban J connectivity index is 2.25. The predicted octanol–water partition coefficient (Wildman–Crippen LogP) is -0.0712. The Kier molecular flexibility index (Phi) is 3.20. The maximum absolute atomic E-state index is 12.2. The Morgan fingerprint density at radius 3 is 2.72 bits per heavy atom. The average Bonchev–Trinajstić information content (AvgIpc) is 2.70. The summed E-state index contributed by atoms with van der Waals surface area (Å²) >= 11 is 0. The van der Waals surface area contributed by atoms with Crippen LogP contribution < -0.4 is 5.73 Å². The number of aliphatic hydroxyl groups excluding tert-OH is 1. The number of nitrogens with zero attached hydrogens (tertiary/aromatic N) is 1. The first-order valence-electron chi connectivity index (χ1n) is 5.56. The van der Waals surface area contributed by atoms with Crippen molar-refractivity contribution in [2.45, 2.75) is 18.6 Å². The molecule has 2 rings (SSSR count). The SMILES string of the molecule is Nc1cccc(C(=O)N2C[C@H](O)C[C@@H]2C(=O)O)c1. The summed E-state index contributed by atoms with van der Waals surface area (Å²) in [6.45, 7) is 0.0323. The molecule has 4 N–H and O–H groups in total. The molecule has 1 aliphatic heterocycles. The van der Waals surface area contributed by atoms with E-state index >= 15 is 0 Å². The van der Waals surface area contributed by atoms with Gasteiger partial charge >= 0.3 is 5.97 Å². The third kappa shape index (κ3) is 2.28. The van der Waals surface area contributed by atoms with Crippen LogP contribution in [0, 0.1) is 0 Å². The van der Waals surface area contributed by atoms with Crippen molar-refractivity contribution in [1.82, 2.24) is 4.90 Å². The van der Waals surface area contributed by atoms with Gasteiger partial charge in [0, 0.05) is 24.2 Å². The highest BCUT2D eigenvalue weighted by molar-refractivity contribution is 5.97. The van der Waals surface area contributed by atoms with Crippen molar-refractivity contribution in [1.29, 1.82) is 0 Å². The molecule has 0 unspecified atom stereocenters. The van der Waals surface area contributed by atoms with E-state index in [1.165, 1.54) is 11.0 Å². The van der Waals surface area contributed by atoms with E-state index in [0.717, 1.165) is 0 Å². The molecule has 0 bridgehead atoms. The van der Waals surface area contributed by atoms with Crippen LogP contribution in [0.5, 0.6) is 0 Å². The first-order valence-corrected chi connectivity index (χ1v) is 5.56. The van der Waals surface area contributed by atoms with Gasteiger partial charge in [0.05, 0.1) is 6.10 Å². The number of β-amino-alcohol motifs (C(OH)–C–C–N with tert-alkyl or cyclic N) is 1. The summed E-state index contributed by atoms with van der Waals surface area (Å²) in [5.74, 6) is -1.53. The second kappa shape index (κ2) is 4.66. The number of hydrogen-bond acceptors (Lipinski definition) is 4. The van der Waals surface area contributed by atoms with Crippen molar-refractivity contribution in [2.24, 2.45) is 0 Å². The Hall–Kier alpha value is -2.08. The van der Waals surface area contributed by atoms with E-state index in [1.54, 1.807) is 18.2 Å².